The van der Waals surface area contributed by atoms with Gasteiger partial charge >= 0.3 is 6.36 Å². The summed E-state index contributed by atoms with van der Waals surface area (Å²) in [4.78, 5) is 15.0. The maximum atomic E-state index is 13.3. The number of alkyl halides is 3. The van der Waals surface area contributed by atoms with Gasteiger partial charge in [-0.1, -0.05) is 30.3 Å². The van der Waals surface area contributed by atoms with Crippen molar-refractivity contribution in [1.29, 1.82) is 0 Å². The summed E-state index contributed by atoms with van der Waals surface area (Å²) in [7, 11) is 5.13. The van der Waals surface area contributed by atoms with Crippen LogP contribution in [0.1, 0.15) is 22.3 Å². The van der Waals surface area contributed by atoms with Crippen LogP contribution in [0, 0.1) is 0 Å². The minimum absolute atomic E-state index is 0.214. The number of hydrogen-bond donors (Lipinski definition) is 0. The lowest BCUT2D eigenvalue weighted by atomic mass is 9.76. The molecule has 0 radical (unpaired) electrons. The van der Waals surface area contributed by atoms with Crippen LogP contribution in [0.3, 0.4) is 0 Å². The lowest BCUT2D eigenvalue weighted by molar-refractivity contribution is -0.325. The van der Waals surface area contributed by atoms with Crippen LogP contribution in [-0.4, -0.2) is 78.0 Å². The zero-order valence-corrected chi connectivity index (χ0v) is 19.8. The van der Waals surface area contributed by atoms with Crippen LogP contribution < -0.4 is 9.47 Å². The van der Waals surface area contributed by atoms with Gasteiger partial charge in [0.15, 0.2) is 27.2 Å². The second-order valence-corrected chi connectivity index (χ2v) is 8.87. The van der Waals surface area contributed by atoms with E-state index < -0.39 is 24.2 Å². The smallest absolute Gasteiger partial charge is 0.493 e. The van der Waals surface area contributed by atoms with Crippen LogP contribution >= 0.6 is 0 Å². The fourth-order valence-corrected chi connectivity index (χ4v) is 4.66. The SMILES string of the molecule is BC1(B)OC2CN(C(=O)c3ccc(OCCOC(F)(F)F)c(OC)c3)CC[C@]2(c2ccccc2)O1. The van der Waals surface area contributed by atoms with Crippen LogP contribution in [0.2, 0.25) is 0 Å². The second kappa shape index (κ2) is 9.75. The van der Waals surface area contributed by atoms with E-state index in [-0.39, 0.29) is 30.1 Å². The lowest BCUT2D eigenvalue weighted by Gasteiger charge is -2.42. The van der Waals surface area contributed by atoms with Gasteiger partial charge in [0.2, 0.25) is 0 Å². The minimum atomic E-state index is -4.72. The lowest BCUT2D eigenvalue weighted by Crippen LogP contribution is -2.53. The van der Waals surface area contributed by atoms with E-state index in [1.807, 2.05) is 46.0 Å². The number of methoxy groups -OCH3 is 1. The maximum absolute atomic E-state index is 13.3. The summed E-state index contributed by atoms with van der Waals surface area (Å²) in [6.07, 6.45) is -4.51. The van der Waals surface area contributed by atoms with Gasteiger partial charge in [-0.15, -0.1) is 13.2 Å². The largest absolute Gasteiger partial charge is 0.522 e. The molecular formula is C23H26B2F3NO6. The molecular weight excluding hydrogens is 465 g/mol. The molecule has 1 unspecified atom stereocenters. The number of piperidine rings is 1. The van der Waals surface area contributed by atoms with Gasteiger partial charge in [-0.2, -0.15) is 0 Å². The first-order chi connectivity index (χ1) is 16.5. The molecule has 0 N–H and O–H groups in total. The Morgan fingerprint density at radius 3 is 2.57 bits per heavy atom. The molecule has 0 aromatic heterocycles. The molecule has 0 spiro atoms. The number of benzene rings is 2. The molecule has 1 amide bonds. The Morgan fingerprint density at radius 1 is 1.14 bits per heavy atom. The van der Waals surface area contributed by atoms with E-state index in [9.17, 15) is 18.0 Å². The van der Waals surface area contributed by atoms with Gasteiger partial charge < -0.3 is 23.8 Å². The first kappa shape index (κ1) is 25.4. The predicted octanol–water partition coefficient (Wildman–Crippen LogP) is 1.64. The average Bonchev–Trinajstić information content (AvgIpc) is 3.11. The van der Waals surface area contributed by atoms with Gasteiger partial charge in [-0.3, -0.25) is 9.53 Å². The van der Waals surface area contributed by atoms with E-state index in [0.29, 0.717) is 25.1 Å². The third-order valence-electron chi connectivity index (χ3n) is 6.08. The first-order valence-corrected chi connectivity index (χ1v) is 11.3. The average molecular weight is 491 g/mol. The van der Waals surface area contributed by atoms with Crippen molar-refractivity contribution in [3.63, 3.8) is 0 Å². The Bertz CT molecular complexity index is 1060. The Kier molecular flexibility index (Phi) is 7.08. The molecule has 2 aromatic carbocycles. The van der Waals surface area contributed by atoms with Crippen LogP contribution in [0.25, 0.3) is 0 Å². The van der Waals surface area contributed by atoms with Gasteiger partial charge in [-0.05, 0) is 23.8 Å². The molecule has 0 saturated carbocycles. The van der Waals surface area contributed by atoms with E-state index in [0.717, 1.165) is 5.56 Å². The quantitative estimate of drug-likeness (QED) is 0.434. The molecule has 2 fully saturated rings. The van der Waals surface area contributed by atoms with Crippen molar-refractivity contribution in [3.8, 4) is 11.5 Å². The van der Waals surface area contributed by atoms with E-state index in [1.54, 1.807) is 11.0 Å². The summed E-state index contributed by atoms with van der Waals surface area (Å²) in [5.41, 5.74) is -0.0565. The molecule has 2 atom stereocenters. The standard InChI is InChI=1S/C23H26B2F3NO6/c1-31-18-13-15(7-8-17(18)32-11-12-33-23(26,27)28)20(30)29-10-9-21(16-5-3-2-4-6-16)19(14-29)34-22(24,25)35-21/h2-8,13,19H,9-12,14,24-25H2,1H3/t19?,21-/m1/s1. The van der Waals surface area contributed by atoms with Gasteiger partial charge in [0.25, 0.3) is 5.91 Å². The number of carbonyl (C=O) groups is 1. The van der Waals surface area contributed by atoms with Gasteiger partial charge in [-0.25, -0.2) is 0 Å². The number of rotatable bonds is 7. The van der Waals surface area contributed by atoms with Crippen molar-refractivity contribution in [1.82, 2.24) is 4.90 Å². The van der Waals surface area contributed by atoms with Crippen LogP contribution in [0.15, 0.2) is 48.5 Å². The van der Waals surface area contributed by atoms with Crippen LogP contribution in [-0.2, 0) is 19.8 Å². The summed E-state index contributed by atoms with van der Waals surface area (Å²) < 4.78 is 63.3. The van der Waals surface area contributed by atoms with E-state index >= 15 is 0 Å². The third-order valence-corrected chi connectivity index (χ3v) is 6.08. The van der Waals surface area contributed by atoms with Gasteiger partial charge in [0.05, 0.1) is 25.8 Å². The minimum Gasteiger partial charge on any atom is -0.493 e. The molecule has 2 aliphatic heterocycles. The molecule has 2 saturated heterocycles. The number of likely N-dealkylation sites (tertiary alicyclic amines) is 1. The zero-order chi connectivity index (χ0) is 25.3. The summed E-state index contributed by atoms with van der Waals surface area (Å²) in [5, 5.41) is 0. The van der Waals surface area contributed by atoms with Crippen molar-refractivity contribution in [2.24, 2.45) is 0 Å². The molecule has 2 aliphatic rings. The summed E-state index contributed by atoms with van der Waals surface area (Å²) in [5.74, 6) is 0.233. The molecule has 186 valence electrons. The van der Waals surface area contributed by atoms with Crippen LogP contribution in [0.4, 0.5) is 13.2 Å². The highest BCUT2D eigenvalue weighted by Gasteiger charge is 2.56. The molecule has 0 aliphatic carbocycles. The maximum Gasteiger partial charge on any atom is 0.522 e. The van der Waals surface area contributed by atoms with E-state index in [4.69, 9.17) is 18.9 Å². The highest BCUT2D eigenvalue weighted by Crippen LogP contribution is 2.47. The summed E-state index contributed by atoms with van der Waals surface area (Å²) in [6, 6.07) is 14.4. The first-order valence-electron chi connectivity index (χ1n) is 11.3. The number of amides is 1. The van der Waals surface area contributed by atoms with Crippen molar-refractivity contribution >= 4 is 21.6 Å². The van der Waals surface area contributed by atoms with Crippen molar-refractivity contribution in [2.45, 2.75) is 30.1 Å². The molecule has 0 bridgehead atoms. The number of fused-ring (bicyclic) bond motifs is 1. The van der Waals surface area contributed by atoms with Crippen molar-refractivity contribution < 1.29 is 41.7 Å². The van der Waals surface area contributed by atoms with E-state index in [1.165, 1.54) is 19.2 Å². The number of carbonyl (C=O) groups excluding carboxylic acids is 1. The molecule has 12 heteroatoms. The molecule has 35 heavy (non-hydrogen) atoms. The fraction of sp³-hybridized carbons (Fsp3) is 0.435. The Balaban J connectivity index is 1.46. The third kappa shape index (κ3) is 5.60. The number of halogens is 3. The Hall–Kier alpha value is -2.69. The van der Waals surface area contributed by atoms with Crippen molar-refractivity contribution in [3.05, 3.63) is 59.7 Å². The Labute approximate surface area is 203 Å². The van der Waals surface area contributed by atoms with Gasteiger partial charge in [0, 0.05) is 18.5 Å². The van der Waals surface area contributed by atoms with Gasteiger partial charge in [0.1, 0.15) is 18.3 Å². The normalized spacial score (nSPS) is 23.5. The molecule has 7 nitrogen and oxygen atoms in total. The fourth-order valence-electron chi connectivity index (χ4n) is 4.66. The molecule has 4 rings (SSSR count). The topological polar surface area (TPSA) is 66.5 Å². The van der Waals surface area contributed by atoms with Crippen molar-refractivity contribution in [2.75, 3.05) is 33.4 Å². The number of nitrogens with zero attached hydrogens (tertiary/aromatic N) is 1. The summed E-state index contributed by atoms with van der Waals surface area (Å²) in [6.45, 7) is -0.193. The summed E-state index contributed by atoms with van der Waals surface area (Å²) >= 11 is 0. The number of hydrogen-bond acceptors (Lipinski definition) is 6. The highest BCUT2D eigenvalue weighted by molar-refractivity contribution is 6.38. The number of ether oxygens (including phenoxy) is 5. The molecule has 2 aromatic rings. The monoisotopic (exact) mass is 491 g/mol. The van der Waals surface area contributed by atoms with Crippen LogP contribution in [0.5, 0.6) is 11.5 Å². The van der Waals surface area contributed by atoms with E-state index in [2.05, 4.69) is 4.74 Å². The second-order valence-electron chi connectivity index (χ2n) is 8.87. The zero-order valence-electron chi connectivity index (χ0n) is 19.8. The Morgan fingerprint density at radius 2 is 1.89 bits per heavy atom. The molecule has 2 heterocycles. The highest BCUT2D eigenvalue weighted by atomic mass is 19.4. The predicted molar refractivity (Wildman–Crippen MR) is 125 cm³/mol.